The van der Waals surface area contributed by atoms with Gasteiger partial charge >= 0.3 is 0 Å². The lowest BCUT2D eigenvalue weighted by Gasteiger charge is -2.19. The highest BCUT2D eigenvalue weighted by atomic mass is 16.2. The fraction of sp³-hybridized carbons (Fsp3) is 0.368. The van der Waals surface area contributed by atoms with Gasteiger partial charge < -0.3 is 10.6 Å². The van der Waals surface area contributed by atoms with Crippen molar-refractivity contribution >= 4 is 11.8 Å². The zero-order chi connectivity index (χ0) is 18.5. The van der Waals surface area contributed by atoms with E-state index in [1.165, 1.54) is 0 Å². The molecule has 2 atom stereocenters. The standard InChI is InChI=1S/C19H23N5O2/c1-13-4-3-7-22-17(13)19(26)23-16-12-24(11-15(16)18(25)20-2)10-14-5-8-21-9-6-14/h3-9,15-16H,10-12H2,1-2H3,(H,20,25)(H,23,26)/t15-,16-/m0/s1. The number of pyridine rings is 2. The van der Waals surface area contributed by atoms with Crippen LogP contribution in [-0.2, 0) is 11.3 Å². The van der Waals surface area contributed by atoms with E-state index in [1.807, 2.05) is 25.1 Å². The van der Waals surface area contributed by atoms with Crippen molar-refractivity contribution in [1.82, 2.24) is 25.5 Å². The summed E-state index contributed by atoms with van der Waals surface area (Å²) in [6.07, 6.45) is 5.11. The van der Waals surface area contributed by atoms with E-state index in [-0.39, 0.29) is 23.8 Å². The SMILES string of the molecule is CNC(=O)[C@H]1CN(Cc2ccncc2)C[C@@H]1NC(=O)c1ncccc1C. The van der Waals surface area contributed by atoms with Crippen LogP contribution in [0, 0.1) is 12.8 Å². The minimum atomic E-state index is -0.296. The summed E-state index contributed by atoms with van der Waals surface area (Å²) in [6, 6.07) is 7.30. The quantitative estimate of drug-likeness (QED) is 0.829. The summed E-state index contributed by atoms with van der Waals surface area (Å²) in [5, 5.41) is 5.70. The molecular weight excluding hydrogens is 330 g/mol. The molecule has 2 N–H and O–H groups in total. The number of carbonyl (C=O) groups is 2. The van der Waals surface area contributed by atoms with E-state index in [9.17, 15) is 9.59 Å². The van der Waals surface area contributed by atoms with Crippen LogP contribution in [0.1, 0.15) is 21.6 Å². The van der Waals surface area contributed by atoms with Crippen molar-refractivity contribution in [3.05, 3.63) is 59.7 Å². The molecule has 7 nitrogen and oxygen atoms in total. The molecule has 1 aliphatic rings. The maximum atomic E-state index is 12.6. The Morgan fingerprint density at radius 3 is 2.65 bits per heavy atom. The molecule has 0 saturated carbocycles. The molecule has 2 aromatic rings. The van der Waals surface area contributed by atoms with Crippen molar-refractivity contribution in [1.29, 1.82) is 0 Å². The van der Waals surface area contributed by atoms with Gasteiger partial charge in [-0.3, -0.25) is 24.5 Å². The molecule has 1 aliphatic heterocycles. The Labute approximate surface area is 152 Å². The Hall–Kier alpha value is -2.80. The third kappa shape index (κ3) is 4.05. The molecule has 0 unspecified atom stereocenters. The second-order valence-corrected chi connectivity index (χ2v) is 6.52. The fourth-order valence-corrected chi connectivity index (χ4v) is 3.32. The second-order valence-electron chi connectivity index (χ2n) is 6.52. The number of aryl methyl sites for hydroxylation is 1. The van der Waals surface area contributed by atoms with E-state index in [0.717, 1.165) is 11.1 Å². The Morgan fingerprint density at radius 2 is 1.96 bits per heavy atom. The number of nitrogens with zero attached hydrogens (tertiary/aromatic N) is 3. The van der Waals surface area contributed by atoms with Crippen molar-refractivity contribution in [2.75, 3.05) is 20.1 Å². The van der Waals surface area contributed by atoms with Crippen molar-refractivity contribution in [3.8, 4) is 0 Å². The summed E-state index contributed by atoms with van der Waals surface area (Å²) in [5.41, 5.74) is 2.34. The van der Waals surface area contributed by atoms with Gasteiger partial charge in [0.15, 0.2) is 0 Å². The number of amides is 2. The number of carbonyl (C=O) groups excluding carboxylic acids is 2. The van der Waals surface area contributed by atoms with Crippen molar-refractivity contribution in [3.63, 3.8) is 0 Å². The van der Waals surface area contributed by atoms with Gasteiger partial charge in [-0.05, 0) is 36.2 Å². The average Bonchev–Trinajstić information content (AvgIpc) is 3.04. The maximum absolute atomic E-state index is 12.6. The number of rotatable bonds is 5. The van der Waals surface area contributed by atoms with E-state index >= 15 is 0 Å². The minimum absolute atomic E-state index is 0.0646. The highest BCUT2D eigenvalue weighted by molar-refractivity contribution is 5.94. The highest BCUT2D eigenvalue weighted by Crippen LogP contribution is 2.20. The van der Waals surface area contributed by atoms with Gasteiger partial charge in [-0.25, -0.2) is 0 Å². The predicted octanol–water partition coefficient (Wildman–Crippen LogP) is 0.761. The monoisotopic (exact) mass is 353 g/mol. The zero-order valence-corrected chi connectivity index (χ0v) is 15.0. The fourth-order valence-electron chi connectivity index (χ4n) is 3.32. The van der Waals surface area contributed by atoms with Gasteiger partial charge in [-0.15, -0.1) is 0 Å². The van der Waals surface area contributed by atoms with Crippen LogP contribution in [0.5, 0.6) is 0 Å². The van der Waals surface area contributed by atoms with Gasteiger partial charge in [0.2, 0.25) is 5.91 Å². The molecule has 1 saturated heterocycles. The van der Waals surface area contributed by atoms with Gasteiger partial charge in [0.25, 0.3) is 5.91 Å². The first-order valence-corrected chi connectivity index (χ1v) is 8.64. The molecule has 0 radical (unpaired) electrons. The molecule has 0 aliphatic carbocycles. The normalized spacial score (nSPS) is 19.9. The summed E-state index contributed by atoms with van der Waals surface area (Å²) in [4.78, 5) is 35.3. The first kappa shape index (κ1) is 18.0. The number of hydrogen-bond acceptors (Lipinski definition) is 5. The molecule has 3 heterocycles. The molecule has 136 valence electrons. The molecule has 26 heavy (non-hydrogen) atoms. The van der Waals surface area contributed by atoms with Gasteiger partial charge in [-0.1, -0.05) is 6.07 Å². The van der Waals surface area contributed by atoms with E-state index in [2.05, 4.69) is 25.5 Å². The van der Waals surface area contributed by atoms with Gasteiger partial charge in [0.05, 0.1) is 12.0 Å². The Bertz CT molecular complexity index is 781. The molecule has 1 fully saturated rings. The summed E-state index contributed by atoms with van der Waals surface area (Å²) >= 11 is 0. The third-order valence-electron chi connectivity index (χ3n) is 4.68. The van der Waals surface area contributed by atoms with Gasteiger partial charge in [0, 0.05) is 45.3 Å². The highest BCUT2D eigenvalue weighted by Gasteiger charge is 2.38. The number of hydrogen-bond donors (Lipinski definition) is 2. The van der Waals surface area contributed by atoms with E-state index < -0.39 is 0 Å². The number of aromatic nitrogens is 2. The maximum Gasteiger partial charge on any atom is 0.270 e. The van der Waals surface area contributed by atoms with Crippen LogP contribution in [0.25, 0.3) is 0 Å². The molecule has 3 rings (SSSR count). The van der Waals surface area contributed by atoms with E-state index in [4.69, 9.17) is 0 Å². The molecule has 2 aromatic heterocycles. The molecular formula is C19H23N5O2. The lowest BCUT2D eigenvalue weighted by Crippen LogP contribution is -2.45. The summed E-state index contributed by atoms with van der Waals surface area (Å²) in [6.45, 7) is 3.76. The van der Waals surface area contributed by atoms with Crippen LogP contribution in [0.2, 0.25) is 0 Å². The van der Waals surface area contributed by atoms with Crippen LogP contribution in [-0.4, -0.2) is 52.9 Å². The van der Waals surface area contributed by atoms with E-state index in [1.54, 1.807) is 31.7 Å². The molecule has 0 aromatic carbocycles. The van der Waals surface area contributed by atoms with E-state index in [0.29, 0.717) is 25.3 Å². The second kappa shape index (κ2) is 8.05. The average molecular weight is 353 g/mol. The summed E-state index contributed by atoms with van der Waals surface area (Å²) < 4.78 is 0. The zero-order valence-electron chi connectivity index (χ0n) is 15.0. The summed E-state index contributed by atoms with van der Waals surface area (Å²) in [7, 11) is 1.62. The Kier molecular flexibility index (Phi) is 5.58. The van der Waals surface area contributed by atoms with Crippen LogP contribution in [0.15, 0.2) is 42.9 Å². The predicted molar refractivity (Wildman–Crippen MR) is 97.3 cm³/mol. The van der Waals surface area contributed by atoms with Crippen molar-refractivity contribution in [2.24, 2.45) is 5.92 Å². The van der Waals surface area contributed by atoms with Crippen LogP contribution >= 0.6 is 0 Å². The van der Waals surface area contributed by atoms with Gasteiger partial charge in [-0.2, -0.15) is 0 Å². The molecule has 0 spiro atoms. The first-order valence-electron chi connectivity index (χ1n) is 8.64. The molecule has 0 bridgehead atoms. The molecule has 7 heteroatoms. The lowest BCUT2D eigenvalue weighted by atomic mass is 10.0. The number of nitrogens with one attached hydrogen (secondary N) is 2. The minimum Gasteiger partial charge on any atom is -0.359 e. The van der Waals surface area contributed by atoms with Crippen LogP contribution in [0.4, 0.5) is 0 Å². The van der Waals surface area contributed by atoms with Crippen LogP contribution in [0.3, 0.4) is 0 Å². The van der Waals surface area contributed by atoms with Crippen molar-refractivity contribution in [2.45, 2.75) is 19.5 Å². The van der Waals surface area contributed by atoms with Gasteiger partial charge in [0.1, 0.15) is 5.69 Å². The topological polar surface area (TPSA) is 87.2 Å². The Morgan fingerprint density at radius 1 is 1.19 bits per heavy atom. The third-order valence-corrected chi connectivity index (χ3v) is 4.68. The first-order chi connectivity index (χ1) is 12.6. The lowest BCUT2D eigenvalue weighted by molar-refractivity contribution is -0.124. The van der Waals surface area contributed by atoms with Crippen LogP contribution < -0.4 is 10.6 Å². The Balaban J connectivity index is 1.72. The largest absolute Gasteiger partial charge is 0.359 e. The summed E-state index contributed by atoms with van der Waals surface area (Å²) in [5.74, 6) is -0.604. The number of likely N-dealkylation sites (tertiary alicyclic amines) is 1. The molecule has 2 amide bonds. The van der Waals surface area contributed by atoms with Crippen molar-refractivity contribution < 1.29 is 9.59 Å². The smallest absolute Gasteiger partial charge is 0.270 e.